The number of hydrogen-bond acceptors (Lipinski definition) is 4. The van der Waals surface area contributed by atoms with Crippen molar-refractivity contribution in [1.82, 2.24) is 14.8 Å². The molecule has 0 saturated heterocycles. The zero-order valence-electron chi connectivity index (χ0n) is 8.92. The van der Waals surface area contributed by atoms with E-state index >= 15 is 0 Å². The van der Waals surface area contributed by atoms with Gasteiger partial charge in [-0.25, -0.2) is 0 Å². The number of nitrogen functional groups attached to an aromatic ring is 1. The van der Waals surface area contributed by atoms with Gasteiger partial charge < -0.3 is 5.73 Å². The molecular formula is C11H12N4O. The summed E-state index contributed by atoms with van der Waals surface area (Å²) in [5, 5.41) is 4.03. The quantitative estimate of drug-likeness (QED) is 0.814. The van der Waals surface area contributed by atoms with Gasteiger partial charge >= 0.3 is 0 Å². The third kappa shape index (κ3) is 2.08. The fraction of sp³-hybridized carbons (Fsp3) is 0.182. The molecule has 0 aliphatic carbocycles. The third-order valence-electron chi connectivity index (χ3n) is 2.17. The molecule has 0 bridgehead atoms. The molecule has 0 aliphatic rings. The standard InChI is InChI=1S/C11H12N4O/c1-8-5-10(12)15(14-8)11(16)6-9-3-2-4-13-7-9/h2-5,7H,6,12H2,1H3. The van der Waals surface area contributed by atoms with Gasteiger partial charge in [-0.05, 0) is 18.6 Å². The topological polar surface area (TPSA) is 73.8 Å². The number of nitrogens with zero attached hydrogens (tertiary/aromatic N) is 3. The Labute approximate surface area is 92.9 Å². The van der Waals surface area contributed by atoms with Crippen molar-refractivity contribution in [2.24, 2.45) is 0 Å². The number of anilines is 1. The molecule has 5 heteroatoms. The Hall–Kier alpha value is -2.17. The molecule has 0 aliphatic heterocycles. The summed E-state index contributed by atoms with van der Waals surface area (Å²) < 4.78 is 1.22. The van der Waals surface area contributed by atoms with E-state index in [2.05, 4.69) is 10.1 Å². The molecule has 0 radical (unpaired) electrons. The van der Waals surface area contributed by atoms with Crippen LogP contribution in [0, 0.1) is 6.92 Å². The molecule has 0 aromatic carbocycles. The molecule has 16 heavy (non-hydrogen) atoms. The Morgan fingerprint density at radius 1 is 1.56 bits per heavy atom. The van der Waals surface area contributed by atoms with Crippen LogP contribution in [0.25, 0.3) is 0 Å². The minimum atomic E-state index is -0.154. The maximum absolute atomic E-state index is 11.8. The van der Waals surface area contributed by atoms with Crippen LogP contribution in [0.5, 0.6) is 0 Å². The minimum Gasteiger partial charge on any atom is -0.383 e. The summed E-state index contributed by atoms with van der Waals surface area (Å²) in [6.07, 6.45) is 3.57. The monoisotopic (exact) mass is 216 g/mol. The second-order valence-corrected chi connectivity index (χ2v) is 3.55. The number of pyridine rings is 1. The molecule has 82 valence electrons. The van der Waals surface area contributed by atoms with Crippen molar-refractivity contribution in [2.45, 2.75) is 13.3 Å². The Kier molecular flexibility index (Phi) is 2.68. The number of carbonyl (C=O) groups excluding carboxylic acids is 1. The lowest BCUT2D eigenvalue weighted by Gasteiger charge is -2.02. The van der Waals surface area contributed by atoms with Crippen LogP contribution in [0.15, 0.2) is 30.6 Å². The van der Waals surface area contributed by atoms with Gasteiger partial charge in [0.25, 0.3) is 5.91 Å². The predicted octanol–water partition coefficient (Wildman–Crippen LogP) is 1.05. The first-order valence-corrected chi connectivity index (χ1v) is 4.91. The Morgan fingerprint density at radius 3 is 2.94 bits per heavy atom. The Balaban J connectivity index is 2.18. The van der Waals surface area contributed by atoms with Crippen molar-refractivity contribution in [3.05, 3.63) is 41.9 Å². The van der Waals surface area contributed by atoms with E-state index in [-0.39, 0.29) is 12.3 Å². The van der Waals surface area contributed by atoms with Gasteiger partial charge in [0.1, 0.15) is 5.82 Å². The fourth-order valence-corrected chi connectivity index (χ4v) is 1.47. The molecule has 5 nitrogen and oxygen atoms in total. The number of carbonyl (C=O) groups is 1. The molecule has 2 heterocycles. The maximum Gasteiger partial charge on any atom is 0.253 e. The lowest BCUT2D eigenvalue weighted by Crippen LogP contribution is -2.17. The van der Waals surface area contributed by atoms with Gasteiger partial charge in [-0.15, -0.1) is 0 Å². The average Bonchev–Trinajstić information content (AvgIpc) is 2.59. The highest BCUT2D eigenvalue weighted by atomic mass is 16.2. The van der Waals surface area contributed by atoms with Crippen molar-refractivity contribution < 1.29 is 4.79 Å². The molecule has 0 unspecified atom stereocenters. The number of hydrogen-bond donors (Lipinski definition) is 1. The third-order valence-corrected chi connectivity index (χ3v) is 2.17. The first kappa shape index (κ1) is 10.4. The van der Waals surface area contributed by atoms with Crippen LogP contribution in [0.3, 0.4) is 0 Å². The van der Waals surface area contributed by atoms with Crippen LogP contribution in [0.4, 0.5) is 5.82 Å². The zero-order chi connectivity index (χ0) is 11.5. The van der Waals surface area contributed by atoms with Crippen molar-refractivity contribution in [1.29, 1.82) is 0 Å². The molecule has 0 fully saturated rings. The number of nitrogens with two attached hydrogens (primary N) is 1. The summed E-state index contributed by atoms with van der Waals surface area (Å²) in [4.78, 5) is 15.8. The highest BCUT2D eigenvalue weighted by molar-refractivity contribution is 5.83. The molecule has 0 amide bonds. The summed E-state index contributed by atoms with van der Waals surface area (Å²) in [6.45, 7) is 1.80. The molecule has 0 saturated carbocycles. The van der Waals surface area contributed by atoms with Crippen LogP contribution in [0.1, 0.15) is 16.1 Å². The minimum absolute atomic E-state index is 0.154. The van der Waals surface area contributed by atoms with Gasteiger partial charge in [-0.1, -0.05) is 6.07 Å². The lowest BCUT2D eigenvalue weighted by molar-refractivity contribution is 0.0901. The summed E-state index contributed by atoms with van der Waals surface area (Å²) in [5.41, 5.74) is 7.24. The van der Waals surface area contributed by atoms with E-state index < -0.39 is 0 Å². The fourth-order valence-electron chi connectivity index (χ4n) is 1.47. The van der Waals surface area contributed by atoms with Gasteiger partial charge in [0.05, 0.1) is 12.1 Å². The summed E-state index contributed by atoms with van der Waals surface area (Å²) >= 11 is 0. The average molecular weight is 216 g/mol. The summed E-state index contributed by atoms with van der Waals surface area (Å²) in [7, 11) is 0. The van der Waals surface area contributed by atoms with E-state index in [0.717, 1.165) is 11.3 Å². The Bertz CT molecular complexity index is 504. The first-order chi connectivity index (χ1) is 7.66. The van der Waals surface area contributed by atoms with E-state index in [1.165, 1.54) is 4.68 Å². The predicted molar refractivity (Wildman–Crippen MR) is 59.9 cm³/mol. The maximum atomic E-state index is 11.8. The van der Waals surface area contributed by atoms with Gasteiger partial charge in [0.2, 0.25) is 0 Å². The van der Waals surface area contributed by atoms with E-state index in [0.29, 0.717) is 5.82 Å². The Morgan fingerprint density at radius 2 is 2.38 bits per heavy atom. The highest BCUT2D eigenvalue weighted by Crippen LogP contribution is 2.07. The normalized spacial score (nSPS) is 10.3. The van der Waals surface area contributed by atoms with Crippen molar-refractivity contribution in [3.8, 4) is 0 Å². The molecule has 2 aromatic heterocycles. The molecular weight excluding hydrogens is 204 g/mol. The molecule has 2 N–H and O–H groups in total. The zero-order valence-corrected chi connectivity index (χ0v) is 8.92. The first-order valence-electron chi connectivity index (χ1n) is 4.91. The number of rotatable bonds is 2. The van der Waals surface area contributed by atoms with Gasteiger partial charge in [0, 0.05) is 18.5 Å². The van der Waals surface area contributed by atoms with Gasteiger partial charge in [0.15, 0.2) is 0 Å². The molecule has 0 atom stereocenters. The SMILES string of the molecule is Cc1cc(N)n(C(=O)Cc2cccnc2)n1. The number of aromatic nitrogens is 3. The summed E-state index contributed by atoms with van der Waals surface area (Å²) in [6, 6.07) is 5.30. The van der Waals surface area contributed by atoms with Crippen molar-refractivity contribution in [3.63, 3.8) is 0 Å². The van der Waals surface area contributed by atoms with Crippen molar-refractivity contribution in [2.75, 3.05) is 5.73 Å². The lowest BCUT2D eigenvalue weighted by atomic mass is 10.2. The largest absolute Gasteiger partial charge is 0.383 e. The van der Waals surface area contributed by atoms with Gasteiger partial charge in [-0.3, -0.25) is 9.78 Å². The van der Waals surface area contributed by atoms with E-state index in [4.69, 9.17) is 5.73 Å². The highest BCUT2D eigenvalue weighted by Gasteiger charge is 2.11. The van der Waals surface area contributed by atoms with Crippen LogP contribution in [-0.2, 0) is 6.42 Å². The van der Waals surface area contributed by atoms with Crippen LogP contribution in [0.2, 0.25) is 0 Å². The molecule has 2 aromatic rings. The smallest absolute Gasteiger partial charge is 0.253 e. The number of aryl methyl sites for hydroxylation is 1. The van der Waals surface area contributed by atoms with E-state index in [9.17, 15) is 4.79 Å². The second kappa shape index (κ2) is 4.14. The second-order valence-electron chi connectivity index (χ2n) is 3.55. The summed E-state index contributed by atoms with van der Waals surface area (Å²) in [5.74, 6) is 0.213. The van der Waals surface area contributed by atoms with Gasteiger partial charge in [-0.2, -0.15) is 9.78 Å². The van der Waals surface area contributed by atoms with Crippen molar-refractivity contribution >= 4 is 11.7 Å². The van der Waals surface area contributed by atoms with E-state index in [1.54, 1.807) is 31.5 Å². The van der Waals surface area contributed by atoms with E-state index in [1.807, 2.05) is 6.07 Å². The van der Waals surface area contributed by atoms with Crippen LogP contribution >= 0.6 is 0 Å². The molecule has 2 rings (SSSR count). The van der Waals surface area contributed by atoms with Crippen LogP contribution in [-0.4, -0.2) is 20.7 Å². The molecule has 0 spiro atoms. The van der Waals surface area contributed by atoms with Crippen LogP contribution < -0.4 is 5.73 Å².